The lowest BCUT2D eigenvalue weighted by Gasteiger charge is -2.13. The number of hydrogen-bond acceptors (Lipinski definition) is 5. The molecule has 0 aromatic carbocycles. The summed E-state index contributed by atoms with van der Waals surface area (Å²) in [6.45, 7) is 6.57. The van der Waals surface area contributed by atoms with Crippen molar-refractivity contribution >= 4 is 27.5 Å². The number of carbonyl (C=O) groups excluding carboxylic acids is 1. The number of fused-ring (bicyclic) bond motifs is 1. The number of rotatable bonds is 6. The molecule has 0 aliphatic carbocycles. The minimum absolute atomic E-state index is 0.0448. The third-order valence-electron chi connectivity index (χ3n) is 3.56. The molecule has 22 heavy (non-hydrogen) atoms. The summed E-state index contributed by atoms with van der Waals surface area (Å²) >= 11 is 1.52. The van der Waals surface area contributed by atoms with Crippen molar-refractivity contribution in [2.24, 2.45) is 0 Å². The predicted octanol–water partition coefficient (Wildman–Crippen LogP) is 1.62. The van der Waals surface area contributed by atoms with Crippen LogP contribution in [0.1, 0.15) is 23.8 Å². The summed E-state index contributed by atoms with van der Waals surface area (Å²) in [5.41, 5.74) is 0.898. The highest BCUT2D eigenvalue weighted by molar-refractivity contribution is 7.18. The molecular weight excluding hydrogens is 302 g/mol. The second kappa shape index (κ2) is 7.02. The second-order valence-electron chi connectivity index (χ2n) is 5.38. The number of aryl methyl sites for hydroxylation is 3. The molecule has 120 valence electrons. The van der Waals surface area contributed by atoms with E-state index in [2.05, 4.69) is 10.3 Å². The Hall–Kier alpha value is -1.73. The third-order valence-corrected chi connectivity index (χ3v) is 4.67. The molecule has 0 radical (unpaired) electrons. The Bertz CT molecular complexity index is 735. The van der Waals surface area contributed by atoms with E-state index in [1.165, 1.54) is 22.2 Å². The zero-order chi connectivity index (χ0) is 16.3. The molecule has 0 aliphatic heterocycles. The van der Waals surface area contributed by atoms with E-state index in [1.807, 2.05) is 20.8 Å². The number of thiophene rings is 1. The van der Waals surface area contributed by atoms with E-state index < -0.39 is 0 Å². The molecule has 0 spiro atoms. The molecule has 0 aliphatic rings. The predicted molar refractivity (Wildman–Crippen MR) is 87.5 cm³/mol. The largest absolute Gasteiger partial charge is 0.383 e. The highest BCUT2D eigenvalue weighted by Crippen LogP contribution is 2.25. The van der Waals surface area contributed by atoms with Crippen LogP contribution in [-0.2, 0) is 16.1 Å². The topological polar surface area (TPSA) is 73.2 Å². The van der Waals surface area contributed by atoms with E-state index in [4.69, 9.17) is 4.74 Å². The van der Waals surface area contributed by atoms with Gasteiger partial charge in [0, 0.05) is 31.0 Å². The number of carbonyl (C=O) groups is 1. The minimum atomic E-state index is -0.102. The first-order valence-electron chi connectivity index (χ1n) is 7.17. The van der Waals surface area contributed by atoms with Crippen LogP contribution in [0.4, 0.5) is 0 Å². The quantitative estimate of drug-likeness (QED) is 0.876. The lowest BCUT2D eigenvalue weighted by molar-refractivity contribution is -0.122. The summed E-state index contributed by atoms with van der Waals surface area (Å²) in [5, 5.41) is 3.49. The summed E-state index contributed by atoms with van der Waals surface area (Å²) in [6.07, 6.45) is 1.76. The lowest BCUT2D eigenvalue weighted by atomic mass is 10.2. The van der Waals surface area contributed by atoms with Crippen LogP contribution in [0, 0.1) is 13.8 Å². The molecule has 2 aromatic rings. The molecule has 6 nitrogen and oxygen atoms in total. The van der Waals surface area contributed by atoms with Crippen LogP contribution in [-0.4, -0.2) is 35.2 Å². The Morgan fingerprint density at radius 1 is 1.50 bits per heavy atom. The van der Waals surface area contributed by atoms with Crippen LogP contribution in [0.2, 0.25) is 0 Å². The Labute approximate surface area is 133 Å². The van der Waals surface area contributed by atoms with Gasteiger partial charge in [-0.15, -0.1) is 11.3 Å². The van der Waals surface area contributed by atoms with Crippen LogP contribution in [0.25, 0.3) is 10.2 Å². The van der Waals surface area contributed by atoms with E-state index in [-0.39, 0.29) is 23.9 Å². The fourth-order valence-electron chi connectivity index (χ4n) is 2.29. The smallest absolute Gasteiger partial charge is 0.262 e. The van der Waals surface area contributed by atoms with Crippen molar-refractivity contribution in [1.82, 2.24) is 14.9 Å². The van der Waals surface area contributed by atoms with Crippen LogP contribution >= 0.6 is 11.3 Å². The fraction of sp³-hybridized carbons (Fsp3) is 0.533. The molecule has 2 aromatic heterocycles. The number of aromatic nitrogens is 2. The van der Waals surface area contributed by atoms with Crippen molar-refractivity contribution in [3.8, 4) is 0 Å². The first-order valence-corrected chi connectivity index (χ1v) is 7.99. The van der Waals surface area contributed by atoms with Gasteiger partial charge in [-0.2, -0.15) is 0 Å². The van der Waals surface area contributed by atoms with Crippen molar-refractivity contribution in [2.45, 2.75) is 39.8 Å². The first kappa shape index (κ1) is 16.6. The normalized spacial score (nSPS) is 12.5. The highest BCUT2D eigenvalue weighted by Gasteiger charge is 2.13. The number of amides is 1. The van der Waals surface area contributed by atoms with Gasteiger partial charge in [-0.25, -0.2) is 4.98 Å². The minimum Gasteiger partial charge on any atom is -0.383 e. The molecule has 2 rings (SSSR count). The van der Waals surface area contributed by atoms with Gasteiger partial charge in [0.15, 0.2) is 0 Å². The van der Waals surface area contributed by atoms with E-state index in [9.17, 15) is 9.59 Å². The summed E-state index contributed by atoms with van der Waals surface area (Å²) in [5.74, 6) is -0.102. The number of nitrogens with zero attached hydrogens (tertiary/aromatic N) is 2. The highest BCUT2D eigenvalue weighted by atomic mass is 32.1. The van der Waals surface area contributed by atoms with Crippen molar-refractivity contribution < 1.29 is 9.53 Å². The zero-order valence-corrected chi connectivity index (χ0v) is 14.1. The molecule has 0 bridgehead atoms. The van der Waals surface area contributed by atoms with Gasteiger partial charge >= 0.3 is 0 Å². The molecule has 0 fully saturated rings. The fourth-order valence-corrected chi connectivity index (χ4v) is 3.28. The van der Waals surface area contributed by atoms with Gasteiger partial charge in [-0.05, 0) is 26.3 Å². The molecule has 1 atom stereocenters. The van der Waals surface area contributed by atoms with Crippen molar-refractivity contribution in [3.63, 3.8) is 0 Å². The number of nitrogens with one attached hydrogen (secondary N) is 1. The van der Waals surface area contributed by atoms with E-state index in [0.29, 0.717) is 18.5 Å². The second-order valence-corrected chi connectivity index (χ2v) is 6.58. The molecule has 0 saturated heterocycles. The van der Waals surface area contributed by atoms with E-state index in [1.54, 1.807) is 7.11 Å². The summed E-state index contributed by atoms with van der Waals surface area (Å²) in [6, 6.07) is -0.0448. The SMILES string of the molecule is COCC(C)NC(=O)CCn1cnc2sc(C)c(C)c2c1=O. The maximum Gasteiger partial charge on any atom is 0.262 e. The number of ether oxygens (including phenoxy) is 1. The summed E-state index contributed by atoms with van der Waals surface area (Å²) < 4.78 is 6.47. The van der Waals surface area contributed by atoms with Crippen LogP contribution < -0.4 is 10.9 Å². The molecule has 1 N–H and O–H groups in total. The molecule has 2 heterocycles. The van der Waals surface area contributed by atoms with Crippen molar-refractivity contribution in [2.75, 3.05) is 13.7 Å². The van der Waals surface area contributed by atoms with Gasteiger partial charge in [-0.3, -0.25) is 14.2 Å². The standard InChI is InChI=1S/C15H21N3O3S/c1-9(7-21-4)17-12(19)5-6-18-8-16-14-13(15(18)20)10(2)11(3)22-14/h8-9H,5-7H2,1-4H3,(H,17,19). The van der Waals surface area contributed by atoms with Crippen LogP contribution in [0.5, 0.6) is 0 Å². The third kappa shape index (κ3) is 3.53. The lowest BCUT2D eigenvalue weighted by Crippen LogP contribution is -2.36. The van der Waals surface area contributed by atoms with Gasteiger partial charge in [0.25, 0.3) is 5.56 Å². The van der Waals surface area contributed by atoms with Crippen LogP contribution in [0.3, 0.4) is 0 Å². The molecule has 1 amide bonds. The van der Waals surface area contributed by atoms with E-state index in [0.717, 1.165) is 15.3 Å². The Morgan fingerprint density at radius 2 is 2.23 bits per heavy atom. The van der Waals surface area contributed by atoms with Crippen LogP contribution in [0.15, 0.2) is 11.1 Å². The Kier molecular flexibility index (Phi) is 5.31. The molecule has 0 saturated carbocycles. The van der Waals surface area contributed by atoms with E-state index >= 15 is 0 Å². The van der Waals surface area contributed by atoms with Gasteiger partial charge < -0.3 is 10.1 Å². The number of methoxy groups -OCH3 is 1. The summed E-state index contributed by atoms with van der Waals surface area (Å²) in [4.78, 5) is 30.5. The van der Waals surface area contributed by atoms with Gasteiger partial charge in [0.1, 0.15) is 4.83 Å². The average molecular weight is 323 g/mol. The molecular formula is C15H21N3O3S. The zero-order valence-electron chi connectivity index (χ0n) is 13.3. The first-order chi connectivity index (χ1) is 10.4. The maximum absolute atomic E-state index is 12.5. The monoisotopic (exact) mass is 323 g/mol. The maximum atomic E-state index is 12.5. The molecule has 1 unspecified atom stereocenters. The van der Waals surface area contributed by atoms with Crippen molar-refractivity contribution in [1.29, 1.82) is 0 Å². The van der Waals surface area contributed by atoms with Crippen molar-refractivity contribution in [3.05, 3.63) is 27.1 Å². The average Bonchev–Trinajstić information content (AvgIpc) is 2.74. The van der Waals surface area contributed by atoms with Gasteiger partial charge in [0.2, 0.25) is 5.91 Å². The van der Waals surface area contributed by atoms with Gasteiger partial charge in [-0.1, -0.05) is 0 Å². The molecule has 7 heteroatoms. The Morgan fingerprint density at radius 3 is 2.91 bits per heavy atom. The van der Waals surface area contributed by atoms with Gasteiger partial charge in [0.05, 0.1) is 18.3 Å². The Balaban J connectivity index is 2.09. The number of hydrogen-bond donors (Lipinski definition) is 1. The summed E-state index contributed by atoms with van der Waals surface area (Å²) in [7, 11) is 1.59.